The lowest BCUT2D eigenvalue weighted by Gasteiger charge is -2.10. The maximum Gasteiger partial charge on any atom is 0.138 e. The van der Waals surface area contributed by atoms with Crippen molar-refractivity contribution in [1.82, 2.24) is 14.8 Å². The molecule has 1 N–H and O–H groups in total. The zero-order valence-electron chi connectivity index (χ0n) is 10.3. The maximum atomic E-state index is 10.0. The number of hydrogen-bond acceptors (Lipinski definition) is 3. The molecule has 0 amide bonds. The summed E-state index contributed by atoms with van der Waals surface area (Å²) in [5.74, 6) is 0.818. The number of hydrogen-bond donors (Lipinski definition) is 1. The molecule has 0 saturated heterocycles. The molecule has 1 unspecified atom stereocenters. The molecular weight excluding hydrogens is 250 g/mol. The molecule has 1 atom stereocenters. The Balaban J connectivity index is 1.96. The highest BCUT2D eigenvalue weighted by molar-refractivity contribution is 6.30. The SMILES string of the molecule is CCn1ncnc1CC(O)Cc1ccc(Cl)cc1. The molecule has 2 aromatic rings. The van der Waals surface area contributed by atoms with Crippen LogP contribution in [0.2, 0.25) is 5.02 Å². The van der Waals surface area contributed by atoms with Gasteiger partial charge in [0.2, 0.25) is 0 Å². The highest BCUT2D eigenvalue weighted by atomic mass is 35.5. The van der Waals surface area contributed by atoms with Crippen molar-refractivity contribution in [3.05, 3.63) is 47.0 Å². The second-order valence-corrected chi connectivity index (χ2v) is 4.62. The van der Waals surface area contributed by atoms with E-state index in [1.54, 1.807) is 4.68 Å². The zero-order valence-corrected chi connectivity index (χ0v) is 11.0. The predicted molar refractivity (Wildman–Crippen MR) is 70.6 cm³/mol. The van der Waals surface area contributed by atoms with Crippen LogP contribution in [0.5, 0.6) is 0 Å². The quantitative estimate of drug-likeness (QED) is 0.901. The van der Waals surface area contributed by atoms with Gasteiger partial charge in [0.05, 0.1) is 6.10 Å². The van der Waals surface area contributed by atoms with Crippen molar-refractivity contribution < 1.29 is 5.11 Å². The number of aryl methyl sites for hydroxylation is 1. The Morgan fingerprint density at radius 1 is 1.28 bits per heavy atom. The van der Waals surface area contributed by atoms with E-state index in [0.717, 1.165) is 17.9 Å². The minimum atomic E-state index is -0.458. The van der Waals surface area contributed by atoms with Crippen molar-refractivity contribution in [1.29, 1.82) is 0 Å². The van der Waals surface area contributed by atoms with Gasteiger partial charge in [0, 0.05) is 18.0 Å². The number of aliphatic hydroxyl groups is 1. The molecule has 1 heterocycles. The number of aromatic nitrogens is 3. The Morgan fingerprint density at radius 2 is 2.00 bits per heavy atom. The summed E-state index contributed by atoms with van der Waals surface area (Å²) in [6, 6.07) is 7.52. The molecule has 5 heteroatoms. The molecule has 1 aromatic heterocycles. The molecule has 18 heavy (non-hydrogen) atoms. The van der Waals surface area contributed by atoms with Gasteiger partial charge >= 0.3 is 0 Å². The third-order valence-electron chi connectivity index (χ3n) is 2.80. The topological polar surface area (TPSA) is 50.9 Å². The monoisotopic (exact) mass is 265 g/mol. The Morgan fingerprint density at radius 3 is 2.67 bits per heavy atom. The zero-order chi connectivity index (χ0) is 13.0. The van der Waals surface area contributed by atoms with E-state index in [1.165, 1.54) is 6.33 Å². The molecule has 2 rings (SSSR count). The van der Waals surface area contributed by atoms with Crippen molar-refractivity contribution in [2.75, 3.05) is 0 Å². The smallest absolute Gasteiger partial charge is 0.138 e. The normalized spacial score (nSPS) is 12.6. The highest BCUT2D eigenvalue weighted by Crippen LogP contribution is 2.12. The van der Waals surface area contributed by atoms with E-state index in [2.05, 4.69) is 10.1 Å². The van der Waals surface area contributed by atoms with Crippen molar-refractivity contribution in [3.63, 3.8) is 0 Å². The van der Waals surface area contributed by atoms with Crippen LogP contribution in [0.4, 0.5) is 0 Å². The van der Waals surface area contributed by atoms with Crippen LogP contribution in [0.15, 0.2) is 30.6 Å². The van der Waals surface area contributed by atoms with Gasteiger partial charge in [0.25, 0.3) is 0 Å². The van der Waals surface area contributed by atoms with E-state index >= 15 is 0 Å². The van der Waals surface area contributed by atoms with Crippen molar-refractivity contribution in [2.24, 2.45) is 0 Å². The fraction of sp³-hybridized carbons (Fsp3) is 0.385. The predicted octanol–water partition coefficient (Wildman–Crippen LogP) is 2.10. The van der Waals surface area contributed by atoms with Gasteiger partial charge in [-0.2, -0.15) is 5.10 Å². The third-order valence-corrected chi connectivity index (χ3v) is 3.05. The van der Waals surface area contributed by atoms with Crippen LogP contribution in [0.1, 0.15) is 18.3 Å². The van der Waals surface area contributed by atoms with Crippen LogP contribution in [0, 0.1) is 0 Å². The van der Waals surface area contributed by atoms with Crippen LogP contribution in [-0.2, 0) is 19.4 Å². The van der Waals surface area contributed by atoms with E-state index in [1.807, 2.05) is 31.2 Å². The molecule has 0 aliphatic carbocycles. The van der Waals surface area contributed by atoms with Gasteiger partial charge in [-0.25, -0.2) is 4.98 Å². The molecule has 4 nitrogen and oxygen atoms in total. The van der Waals surface area contributed by atoms with Gasteiger partial charge in [0.15, 0.2) is 0 Å². The fourth-order valence-electron chi connectivity index (χ4n) is 1.89. The summed E-state index contributed by atoms with van der Waals surface area (Å²) in [4.78, 5) is 4.15. The lowest BCUT2D eigenvalue weighted by molar-refractivity contribution is 0.171. The fourth-order valence-corrected chi connectivity index (χ4v) is 2.01. The Bertz CT molecular complexity index is 495. The maximum absolute atomic E-state index is 10.0. The molecule has 0 saturated carbocycles. The van der Waals surface area contributed by atoms with Crippen LogP contribution >= 0.6 is 11.6 Å². The number of benzene rings is 1. The van der Waals surface area contributed by atoms with Crippen LogP contribution in [0.25, 0.3) is 0 Å². The van der Waals surface area contributed by atoms with Crippen LogP contribution in [-0.4, -0.2) is 26.0 Å². The molecule has 0 aliphatic heterocycles. The average molecular weight is 266 g/mol. The van der Waals surface area contributed by atoms with Crippen molar-refractivity contribution >= 4 is 11.6 Å². The number of rotatable bonds is 5. The number of aliphatic hydroxyl groups excluding tert-OH is 1. The summed E-state index contributed by atoms with van der Waals surface area (Å²) in [5, 5.41) is 14.8. The number of nitrogens with zero attached hydrogens (tertiary/aromatic N) is 3. The van der Waals surface area contributed by atoms with E-state index in [-0.39, 0.29) is 0 Å². The Labute approximate surface area is 111 Å². The largest absolute Gasteiger partial charge is 0.392 e. The lowest BCUT2D eigenvalue weighted by Crippen LogP contribution is -2.17. The number of halogens is 1. The molecule has 1 aromatic carbocycles. The van der Waals surface area contributed by atoms with Gasteiger partial charge in [-0.15, -0.1) is 0 Å². The third kappa shape index (κ3) is 3.31. The van der Waals surface area contributed by atoms with Crippen LogP contribution in [0.3, 0.4) is 0 Å². The minimum absolute atomic E-state index is 0.458. The average Bonchev–Trinajstić information content (AvgIpc) is 2.79. The second-order valence-electron chi connectivity index (χ2n) is 4.18. The van der Waals surface area contributed by atoms with Crippen LogP contribution < -0.4 is 0 Å². The first-order valence-electron chi connectivity index (χ1n) is 5.98. The molecular formula is C13H16ClN3O. The van der Waals surface area contributed by atoms with Gasteiger partial charge < -0.3 is 5.11 Å². The van der Waals surface area contributed by atoms with Gasteiger partial charge in [-0.3, -0.25) is 4.68 Å². The molecule has 96 valence electrons. The van der Waals surface area contributed by atoms with Gasteiger partial charge in [-0.05, 0) is 31.0 Å². The highest BCUT2D eigenvalue weighted by Gasteiger charge is 2.11. The summed E-state index contributed by atoms with van der Waals surface area (Å²) in [6.07, 6.45) is 2.17. The van der Waals surface area contributed by atoms with E-state index < -0.39 is 6.10 Å². The summed E-state index contributed by atoms with van der Waals surface area (Å²) < 4.78 is 1.80. The Hall–Kier alpha value is -1.39. The first-order valence-corrected chi connectivity index (χ1v) is 6.36. The molecule has 0 aliphatic rings. The molecule has 0 radical (unpaired) electrons. The first-order chi connectivity index (χ1) is 8.69. The van der Waals surface area contributed by atoms with Gasteiger partial charge in [-0.1, -0.05) is 23.7 Å². The Kier molecular flexibility index (Phi) is 4.33. The molecule has 0 fully saturated rings. The van der Waals surface area contributed by atoms with Crippen molar-refractivity contribution in [3.8, 4) is 0 Å². The minimum Gasteiger partial charge on any atom is -0.392 e. The molecule has 0 bridgehead atoms. The lowest BCUT2D eigenvalue weighted by atomic mass is 10.1. The van der Waals surface area contributed by atoms with Gasteiger partial charge in [0.1, 0.15) is 12.2 Å². The summed E-state index contributed by atoms with van der Waals surface area (Å²) in [7, 11) is 0. The summed E-state index contributed by atoms with van der Waals surface area (Å²) in [5.41, 5.74) is 1.06. The van der Waals surface area contributed by atoms with E-state index in [9.17, 15) is 5.11 Å². The summed E-state index contributed by atoms with van der Waals surface area (Å²) >= 11 is 5.82. The first kappa shape index (κ1) is 13.1. The van der Waals surface area contributed by atoms with E-state index in [0.29, 0.717) is 17.9 Å². The standard InChI is InChI=1S/C13H16ClN3O/c1-2-17-13(15-9-16-17)8-12(18)7-10-3-5-11(14)6-4-10/h3-6,9,12,18H,2,7-8H2,1H3. The van der Waals surface area contributed by atoms with Crippen molar-refractivity contribution in [2.45, 2.75) is 32.4 Å². The molecule has 0 spiro atoms. The summed E-state index contributed by atoms with van der Waals surface area (Å²) in [6.45, 7) is 2.77. The van der Waals surface area contributed by atoms with E-state index in [4.69, 9.17) is 11.6 Å². The second kappa shape index (κ2) is 5.98.